The largest absolute Gasteiger partial charge is 0.416 e. The normalized spacial score (nSPS) is 11.3. The third-order valence-electron chi connectivity index (χ3n) is 2.95. The second-order valence-corrected chi connectivity index (χ2v) is 5.25. The summed E-state index contributed by atoms with van der Waals surface area (Å²) in [6.07, 6.45) is -2.95. The van der Waals surface area contributed by atoms with E-state index in [1.165, 1.54) is 17.1 Å². The summed E-state index contributed by atoms with van der Waals surface area (Å²) in [6.45, 7) is 1.20. The maximum atomic E-state index is 12.7. The molecule has 2 aromatic rings. The lowest BCUT2D eigenvalue weighted by atomic mass is 10.1. The standard InChI is InChI=1S/C14H16F3N5OS/c1-23-6-5-18-13(24)20-12-19-9-22(21-12)8-10-3-2-4-11(7-10)14(15,16)17/h2-4,7,9H,5-6,8H2,1H3,(H2,18,20,21,24). The van der Waals surface area contributed by atoms with Crippen LogP contribution in [0.25, 0.3) is 0 Å². The first-order valence-corrected chi connectivity index (χ1v) is 7.38. The summed E-state index contributed by atoms with van der Waals surface area (Å²) in [6, 6.07) is 5.08. The Morgan fingerprint density at radius 1 is 1.38 bits per heavy atom. The molecule has 24 heavy (non-hydrogen) atoms. The first-order valence-electron chi connectivity index (χ1n) is 6.98. The van der Waals surface area contributed by atoms with E-state index in [4.69, 9.17) is 17.0 Å². The third kappa shape index (κ3) is 5.46. The molecule has 0 fully saturated rings. The smallest absolute Gasteiger partial charge is 0.383 e. The molecule has 0 bridgehead atoms. The molecule has 0 unspecified atom stereocenters. The van der Waals surface area contributed by atoms with E-state index < -0.39 is 11.7 Å². The number of hydrogen-bond acceptors (Lipinski definition) is 4. The molecule has 1 aromatic carbocycles. The maximum absolute atomic E-state index is 12.7. The van der Waals surface area contributed by atoms with Gasteiger partial charge in [0.1, 0.15) is 6.33 Å². The molecule has 0 aliphatic heterocycles. The Morgan fingerprint density at radius 3 is 2.88 bits per heavy atom. The van der Waals surface area contributed by atoms with Crippen molar-refractivity contribution in [3.05, 3.63) is 41.7 Å². The van der Waals surface area contributed by atoms with Crippen molar-refractivity contribution < 1.29 is 17.9 Å². The van der Waals surface area contributed by atoms with Gasteiger partial charge in [-0.1, -0.05) is 12.1 Å². The zero-order valence-corrected chi connectivity index (χ0v) is 13.6. The predicted octanol–water partition coefficient (Wildman–Crippen LogP) is 2.28. The molecule has 0 saturated heterocycles. The number of alkyl halides is 3. The lowest BCUT2D eigenvalue weighted by Gasteiger charge is -2.08. The summed E-state index contributed by atoms with van der Waals surface area (Å²) in [5.74, 6) is 0.261. The Hall–Kier alpha value is -2.20. The molecule has 0 radical (unpaired) electrons. The average molecular weight is 359 g/mol. The topological polar surface area (TPSA) is 64.0 Å². The van der Waals surface area contributed by atoms with Crippen LogP contribution in [-0.4, -0.2) is 40.1 Å². The van der Waals surface area contributed by atoms with E-state index in [-0.39, 0.29) is 12.5 Å². The fraction of sp³-hybridized carbons (Fsp3) is 0.357. The first-order chi connectivity index (χ1) is 11.4. The molecule has 2 rings (SSSR count). The molecular formula is C14H16F3N5OS. The quantitative estimate of drug-likeness (QED) is 0.609. The van der Waals surface area contributed by atoms with Gasteiger partial charge >= 0.3 is 6.18 Å². The second kappa shape index (κ2) is 8.06. The van der Waals surface area contributed by atoms with Crippen molar-refractivity contribution in [1.82, 2.24) is 20.1 Å². The van der Waals surface area contributed by atoms with Crippen molar-refractivity contribution in [2.75, 3.05) is 25.6 Å². The van der Waals surface area contributed by atoms with Crippen LogP contribution in [0.2, 0.25) is 0 Å². The summed E-state index contributed by atoms with van der Waals surface area (Å²) in [5.41, 5.74) is -0.218. The van der Waals surface area contributed by atoms with E-state index in [0.29, 0.717) is 23.8 Å². The number of anilines is 1. The second-order valence-electron chi connectivity index (χ2n) is 4.84. The zero-order chi connectivity index (χ0) is 17.6. The molecule has 2 N–H and O–H groups in total. The van der Waals surface area contributed by atoms with E-state index in [0.717, 1.165) is 12.1 Å². The van der Waals surface area contributed by atoms with Crippen LogP contribution in [-0.2, 0) is 17.5 Å². The number of thiocarbonyl (C=S) groups is 1. The molecular weight excluding hydrogens is 343 g/mol. The number of rotatable bonds is 6. The highest BCUT2D eigenvalue weighted by atomic mass is 32.1. The fourth-order valence-corrected chi connectivity index (χ4v) is 2.07. The number of ether oxygens (including phenoxy) is 1. The van der Waals surface area contributed by atoms with Crippen LogP contribution in [0.5, 0.6) is 0 Å². The molecule has 0 aliphatic rings. The van der Waals surface area contributed by atoms with Crippen LogP contribution in [0.15, 0.2) is 30.6 Å². The van der Waals surface area contributed by atoms with Crippen molar-refractivity contribution in [2.45, 2.75) is 12.7 Å². The van der Waals surface area contributed by atoms with Crippen molar-refractivity contribution >= 4 is 23.3 Å². The highest BCUT2D eigenvalue weighted by molar-refractivity contribution is 7.80. The molecule has 0 atom stereocenters. The minimum absolute atomic E-state index is 0.169. The molecule has 6 nitrogen and oxygen atoms in total. The third-order valence-corrected chi connectivity index (χ3v) is 3.20. The number of halogens is 3. The van der Waals surface area contributed by atoms with Crippen LogP contribution in [0.1, 0.15) is 11.1 Å². The molecule has 0 saturated carbocycles. The Labute approximate surface area is 142 Å². The van der Waals surface area contributed by atoms with Gasteiger partial charge in [-0.15, -0.1) is 5.10 Å². The summed E-state index contributed by atoms with van der Waals surface area (Å²) in [4.78, 5) is 4.01. The van der Waals surface area contributed by atoms with Gasteiger partial charge in [0.15, 0.2) is 5.11 Å². The average Bonchev–Trinajstić information content (AvgIpc) is 2.94. The van der Waals surface area contributed by atoms with Crippen LogP contribution in [0.4, 0.5) is 19.1 Å². The van der Waals surface area contributed by atoms with E-state index >= 15 is 0 Å². The fourth-order valence-electron chi connectivity index (χ4n) is 1.87. The molecule has 0 aliphatic carbocycles. The molecule has 1 heterocycles. The van der Waals surface area contributed by atoms with Crippen molar-refractivity contribution in [3.8, 4) is 0 Å². The van der Waals surface area contributed by atoms with Gasteiger partial charge in [-0.25, -0.2) is 9.67 Å². The number of hydrogen-bond donors (Lipinski definition) is 2. The molecule has 0 spiro atoms. The van der Waals surface area contributed by atoms with Crippen molar-refractivity contribution in [1.29, 1.82) is 0 Å². The summed E-state index contributed by atoms with van der Waals surface area (Å²) in [5, 5.41) is 10.1. The first kappa shape index (κ1) is 18.1. The monoisotopic (exact) mass is 359 g/mol. The van der Waals surface area contributed by atoms with Gasteiger partial charge in [-0.3, -0.25) is 5.32 Å². The van der Waals surface area contributed by atoms with Gasteiger partial charge in [0.25, 0.3) is 0 Å². The molecule has 1 aromatic heterocycles. The highest BCUT2D eigenvalue weighted by Crippen LogP contribution is 2.29. The van der Waals surface area contributed by atoms with Crippen molar-refractivity contribution in [3.63, 3.8) is 0 Å². The number of benzene rings is 1. The summed E-state index contributed by atoms with van der Waals surface area (Å²) >= 11 is 5.05. The lowest BCUT2D eigenvalue weighted by Crippen LogP contribution is -2.31. The Balaban J connectivity index is 1.95. The number of nitrogens with zero attached hydrogens (tertiary/aromatic N) is 3. The van der Waals surface area contributed by atoms with Gasteiger partial charge in [-0.05, 0) is 29.9 Å². The lowest BCUT2D eigenvalue weighted by molar-refractivity contribution is -0.137. The number of methoxy groups -OCH3 is 1. The maximum Gasteiger partial charge on any atom is 0.416 e. The van der Waals surface area contributed by atoms with E-state index in [1.54, 1.807) is 13.2 Å². The van der Waals surface area contributed by atoms with Gasteiger partial charge in [0.2, 0.25) is 5.95 Å². The van der Waals surface area contributed by atoms with E-state index in [1.807, 2.05) is 0 Å². The molecule has 10 heteroatoms. The van der Waals surface area contributed by atoms with Gasteiger partial charge in [-0.2, -0.15) is 13.2 Å². The zero-order valence-electron chi connectivity index (χ0n) is 12.8. The predicted molar refractivity (Wildman–Crippen MR) is 86.7 cm³/mol. The SMILES string of the molecule is COCCNC(=S)Nc1ncn(Cc2cccc(C(F)(F)F)c2)n1. The minimum Gasteiger partial charge on any atom is -0.383 e. The van der Waals surface area contributed by atoms with E-state index in [9.17, 15) is 13.2 Å². The van der Waals surface area contributed by atoms with Crippen LogP contribution >= 0.6 is 12.2 Å². The molecule has 0 amide bonds. The van der Waals surface area contributed by atoms with Crippen LogP contribution in [0.3, 0.4) is 0 Å². The van der Waals surface area contributed by atoms with Gasteiger partial charge in [0.05, 0.1) is 18.7 Å². The van der Waals surface area contributed by atoms with Crippen LogP contribution < -0.4 is 10.6 Å². The summed E-state index contributed by atoms with van der Waals surface area (Å²) < 4.78 is 44.4. The molecule has 130 valence electrons. The Kier molecular flexibility index (Phi) is 6.10. The Bertz CT molecular complexity index is 689. The number of aromatic nitrogens is 3. The van der Waals surface area contributed by atoms with Gasteiger partial charge in [0, 0.05) is 13.7 Å². The Morgan fingerprint density at radius 2 is 2.17 bits per heavy atom. The number of nitrogens with one attached hydrogen (secondary N) is 2. The minimum atomic E-state index is -4.37. The van der Waals surface area contributed by atoms with Crippen molar-refractivity contribution in [2.24, 2.45) is 0 Å². The van der Waals surface area contributed by atoms with Crippen LogP contribution in [0, 0.1) is 0 Å². The van der Waals surface area contributed by atoms with Gasteiger partial charge < -0.3 is 10.1 Å². The van der Waals surface area contributed by atoms with E-state index in [2.05, 4.69) is 20.7 Å². The highest BCUT2D eigenvalue weighted by Gasteiger charge is 2.30. The summed E-state index contributed by atoms with van der Waals surface area (Å²) in [7, 11) is 1.58.